The molecule has 0 unspecified atom stereocenters. The lowest BCUT2D eigenvalue weighted by Gasteiger charge is -2.09. The maximum Gasteiger partial charge on any atom is 0.255 e. The van der Waals surface area contributed by atoms with Gasteiger partial charge in [-0.25, -0.2) is 15.0 Å². The smallest absolute Gasteiger partial charge is 0.255 e. The van der Waals surface area contributed by atoms with Crippen LogP contribution in [0.2, 0.25) is 0 Å². The van der Waals surface area contributed by atoms with Crippen LogP contribution in [0.4, 0.5) is 0 Å². The molecule has 1 aliphatic heterocycles. The molecule has 1 fully saturated rings. The van der Waals surface area contributed by atoms with E-state index in [2.05, 4.69) is 35.0 Å². The highest BCUT2D eigenvalue weighted by Gasteiger charge is 2.30. The number of nitrogens with zero attached hydrogens (tertiary/aromatic N) is 6. The topological polar surface area (TPSA) is 114 Å². The molecule has 9 heteroatoms. The second kappa shape index (κ2) is 5.55. The highest BCUT2D eigenvalue weighted by molar-refractivity contribution is 5.46. The van der Waals surface area contributed by atoms with E-state index in [1.807, 2.05) is 0 Å². The van der Waals surface area contributed by atoms with Gasteiger partial charge in [0.25, 0.3) is 5.56 Å². The van der Waals surface area contributed by atoms with Crippen LogP contribution in [0.1, 0.15) is 41.7 Å². The maximum atomic E-state index is 12.3. The summed E-state index contributed by atoms with van der Waals surface area (Å²) in [5, 5.41) is 3.95. The minimum Gasteiger partial charge on any atom is -0.337 e. The van der Waals surface area contributed by atoms with Gasteiger partial charge >= 0.3 is 0 Å². The largest absolute Gasteiger partial charge is 0.337 e. The minimum absolute atomic E-state index is 0.0263. The van der Waals surface area contributed by atoms with Gasteiger partial charge in [0.05, 0.1) is 17.8 Å². The lowest BCUT2D eigenvalue weighted by Crippen LogP contribution is -2.19. The van der Waals surface area contributed by atoms with Crippen LogP contribution < -0.4 is 5.56 Å². The van der Waals surface area contributed by atoms with Crippen molar-refractivity contribution in [2.75, 3.05) is 0 Å². The van der Waals surface area contributed by atoms with Crippen molar-refractivity contribution >= 4 is 0 Å². The fourth-order valence-corrected chi connectivity index (χ4v) is 3.05. The van der Waals surface area contributed by atoms with Gasteiger partial charge < -0.3 is 9.51 Å². The van der Waals surface area contributed by atoms with Crippen LogP contribution >= 0.6 is 0 Å². The van der Waals surface area contributed by atoms with Crippen LogP contribution in [0.25, 0.3) is 11.5 Å². The number of hydrogen-bond acceptors (Lipinski definition) is 8. The number of H-pyrrole nitrogens is 1. The SMILES string of the molecule is O=c1[nH]c(C2CC2)nc2c1CN(Cc1nc(-c3ccncn3)no1)C2. The number of aromatic nitrogens is 6. The molecule has 1 N–H and O–H groups in total. The van der Waals surface area contributed by atoms with E-state index < -0.39 is 0 Å². The van der Waals surface area contributed by atoms with Gasteiger partial charge in [0.1, 0.15) is 17.8 Å². The number of nitrogens with one attached hydrogen (secondary N) is 1. The first-order chi connectivity index (χ1) is 12.3. The normalized spacial score (nSPS) is 17.0. The van der Waals surface area contributed by atoms with Crippen LogP contribution in [0, 0.1) is 0 Å². The van der Waals surface area contributed by atoms with Crippen molar-refractivity contribution in [2.24, 2.45) is 0 Å². The van der Waals surface area contributed by atoms with E-state index >= 15 is 0 Å². The van der Waals surface area contributed by atoms with E-state index in [0.29, 0.717) is 43.0 Å². The molecule has 0 amide bonds. The number of fused-ring (bicyclic) bond motifs is 1. The predicted octanol–water partition coefficient (Wildman–Crippen LogP) is 1.00. The molecule has 25 heavy (non-hydrogen) atoms. The first-order valence-electron chi connectivity index (χ1n) is 8.19. The minimum atomic E-state index is -0.0263. The van der Waals surface area contributed by atoms with Crippen molar-refractivity contribution in [1.29, 1.82) is 0 Å². The summed E-state index contributed by atoms with van der Waals surface area (Å²) < 4.78 is 5.31. The molecule has 5 rings (SSSR count). The third-order valence-corrected chi connectivity index (χ3v) is 4.48. The lowest BCUT2D eigenvalue weighted by atomic mass is 10.2. The molecule has 2 aliphatic rings. The zero-order valence-corrected chi connectivity index (χ0v) is 13.3. The Morgan fingerprint density at radius 3 is 3.00 bits per heavy atom. The second-order valence-electron chi connectivity index (χ2n) is 6.40. The Balaban J connectivity index is 1.33. The first kappa shape index (κ1) is 14.4. The van der Waals surface area contributed by atoms with Gasteiger partial charge in [-0.05, 0) is 18.9 Å². The zero-order chi connectivity index (χ0) is 16.8. The molecule has 0 atom stereocenters. The first-order valence-corrected chi connectivity index (χ1v) is 8.19. The van der Waals surface area contributed by atoms with Crippen molar-refractivity contribution in [2.45, 2.75) is 38.4 Å². The third-order valence-electron chi connectivity index (χ3n) is 4.48. The van der Waals surface area contributed by atoms with Gasteiger partial charge in [-0.3, -0.25) is 9.69 Å². The van der Waals surface area contributed by atoms with Crippen molar-refractivity contribution in [3.8, 4) is 11.5 Å². The molecule has 3 aromatic heterocycles. The molecule has 1 saturated carbocycles. The molecule has 0 radical (unpaired) electrons. The molecule has 9 nitrogen and oxygen atoms in total. The second-order valence-corrected chi connectivity index (χ2v) is 6.40. The average molecular weight is 337 g/mol. The van der Waals surface area contributed by atoms with Gasteiger partial charge in [-0.15, -0.1) is 0 Å². The lowest BCUT2D eigenvalue weighted by molar-refractivity contribution is 0.230. The molecule has 1 aliphatic carbocycles. The van der Waals surface area contributed by atoms with Gasteiger partial charge in [0, 0.05) is 25.2 Å². The van der Waals surface area contributed by atoms with Gasteiger partial charge in [-0.2, -0.15) is 4.98 Å². The Kier molecular flexibility index (Phi) is 3.20. The molecular formula is C16H15N7O2. The van der Waals surface area contributed by atoms with E-state index in [4.69, 9.17) is 4.52 Å². The molecule has 0 spiro atoms. The summed E-state index contributed by atoms with van der Waals surface area (Å²) in [6, 6.07) is 1.73. The summed E-state index contributed by atoms with van der Waals surface area (Å²) in [6.45, 7) is 1.62. The fourth-order valence-electron chi connectivity index (χ4n) is 3.05. The van der Waals surface area contributed by atoms with Gasteiger partial charge in [0.2, 0.25) is 11.7 Å². The summed E-state index contributed by atoms with van der Waals surface area (Å²) in [5.74, 6) is 2.18. The molecule has 0 saturated heterocycles. The summed E-state index contributed by atoms with van der Waals surface area (Å²) in [7, 11) is 0. The molecule has 4 heterocycles. The molecule has 126 valence electrons. The Hall–Kier alpha value is -2.94. The van der Waals surface area contributed by atoms with E-state index in [9.17, 15) is 4.79 Å². The average Bonchev–Trinajstić information content (AvgIpc) is 3.24. The monoisotopic (exact) mass is 337 g/mol. The maximum absolute atomic E-state index is 12.3. The molecule has 0 aromatic carbocycles. The Morgan fingerprint density at radius 1 is 1.28 bits per heavy atom. The van der Waals surface area contributed by atoms with E-state index in [1.165, 1.54) is 6.33 Å². The van der Waals surface area contributed by atoms with Crippen LogP contribution in [0.3, 0.4) is 0 Å². The van der Waals surface area contributed by atoms with Crippen molar-refractivity contribution < 1.29 is 4.52 Å². The van der Waals surface area contributed by atoms with Gasteiger partial charge in [-0.1, -0.05) is 5.16 Å². The molecule has 0 bridgehead atoms. The van der Waals surface area contributed by atoms with Crippen LogP contribution in [-0.4, -0.2) is 35.0 Å². The van der Waals surface area contributed by atoms with Crippen LogP contribution in [-0.2, 0) is 19.6 Å². The highest BCUT2D eigenvalue weighted by Crippen LogP contribution is 2.38. The fraction of sp³-hybridized carbons (Fsp3) is 0.375. The molecule has 3 aromatic rings. The summed E-state index contributed by atoms with van der Waals surface area (Å²) in [4.78, 5) is 34.2. The summed E-state index contributed by atoms with van der Waals surface area (Å²) in [5.41, 5.74) is 2.18. The van der Waals surface area contributed by atoms with E-state index in [1.54, 1.807) is 12.3 Å². The number of aromatic amines is 1. The van der Waals surface area contributed by atoms with Crippen molar-refractivity contribution in [1.82, 2.24) is 35.0 Å². The Labute approximate surface area is 142 Å². The summed E-state index contributed by atoms with van der Waals surface area (Å²) >= 11 is 0. The molecular weight excluding hydrogens is 322 g/mol. The van der Waals surface area contributed by atoms with Crippen LogP contribution in [0.15, 0.2) is 27.9 Å². The predicted molar refractivity (Wildman–Crippen MR) is 85.1 cm³/mol. The zero-order valence-electron chi connectivity index (χ0n) is 13.3. The number of hydrogen-bond donors (Lipinski definition) is 1. The van der Waals surface area contributed by atoms with E-state index in [-0.39, 0.29) is 5.56 Å². The quantitative estimate of drug-likeness (QED) is 0.750. The third kappa shape index (κ3) is 2.72. The van der Waals surface area contributed by atoms with Gasteiger partial charge in [0.15, 0.2) is 0 Å². The number of rotatable bonds is 4. The Bertz CT molecular complexity index is 978. The van der Waals surface area contributed by atoms with Crippen molar-refractivity contribution in [3.63, 3.8) is 0 Å². The summed E-state index contributed by atoms with van der Waals surface area (Å²) in [6.07, 6.45) is 5.29. The standard InChI is InChI=1S/C16H15N7O2/c24-16-10-5-23(6-12(10)19-14(21-16)9-1-2-9)7-13-20-15(22-25-13)11-3-4-17-8-18-11/h3-4,8-9H,1-2,5-7H2,(H,19,21,24). The van der Waals surface area contributed by atoms with E-state index in [0.717, 1.165) is 29.9 Å². The highest BCUT2D eigenvalue weighted by atomic mass is 16.5. The van der Waals surface area contributed by atoms with Crippen LogP contribution in [0.5, 0.6) is 0 Å². The van der Waals surface area contributed by atoms with Crippen molar-refractivity contribution in [3.05, 3.63) is 51.9 Å². The Morgan fingerprint density at radius 2 is 2.20 bits per heavy atom.